The molecule has 2 fully saturated rings. The van der Waals surface area contributed by atoms with E-state index in [9.17, 15) is 14.4 Å². The van der Waals surface area contributed by atoms with Crippen LogP contribution in [0.4, 0.5) is 0 Å². The van der Waals surface area contributed by atoms with Crippen molar-refractivity contribution < 1.29 is 14.4 Å². The minimum absolute atomic E-state index is 0.126. The van der Waals surface area contributed by atoms with E-state index in [1.807, 2.05) is 0 Å². The van der Waals surface area contributed by atoms with Crippen molar-refractivity contribution in [3.8, 4) is 0 Å². The summed E-state index contributed by atoms with van der Waals surface area (Å²) in [6.07, 6.45) is 4.58. The molecule has 0 aromatic heterocycles. The molecule has 2 aliphatic rings. The Morgan fingerprint density at radius 1 is 1.29 bits per heavy atom. The second-order valence-corrected chi connectivity index (χ2v) is 4.14. The van der Waals surface area contributed by atoms with Crippen molar-refractivity contribution in [2.45, 2.75) is 25.3 Å². The summed E-state index contributed by atoms with van der Waals surface area (Å²) < 4.78 is 0. The van der Waals surface area contributed by atoms with Gasteiger partial charge in [0.05, 0.1) is 0 Å². The van der Waals surface area contributed by atoms with E-state index in [1.165, 1.54) is 4.90 Å². The predicted molar refractivity (Wildman–Crippen MR) is 60.8 cm³/mol. The van der Waals surface area contributed by atoms with Crippen LogP contribution >= 0.6 is 0 Å². The van der Waals surface area contributed by atoms with Crippen LogP contribution in [0.15, 0.2) is 24.3 Å². The summed E-state index contributed by atoms with van der Waals surface area (Å²) in [6, 6.07) is -0.504. The summed E-state index contributed by atoms with van der Waals surface area (Å²) in [6.45, 7) is 4.08. The number of hydrogen-bond donors (Lipinski definition) is 1. The standard InChI is InChI=1S/C12H14N2O3/c1-2-3-8-6-7-14(12(8)17)9-4-5-10(15)13-11(9)16/h2-3,9H,1,4-7H2,(H,13,15,16)/b8-3+. The third kappa shape index (κ3) is 2.13. The van der Waals surface area contributed by atoms with Gasteiger partial charge in [0.2, 0.25) is 11.8 Å². The molecule has 5 nitrogen and oxygen atoms in total. The van der Waals surface area contributed by atoms with Crippen molar-refractivity contribution in [3.63, 3.8) is 0 Å². The van der Waals surface area contributed by atoms with Crippen molar-refractivity contribution in [1.82, 2.24) is 10.2 Å². The maximum atomic E-state index is 12.0. The van der Waals surface area contributed by atoms with Gasteiger partial charge in [0.1, 0.15) is 6.04 Å². The van der Waals surface area contributed by atoms with Crippen LogP contribution in [0.5, 0.6) is 0 Å². The molecule has 0 aliphatic carbocycles. The van der Waals surface area contributed by atoms with Crippen LogP contribution < -0.4 is 5.32 Å². The van der Waals surface area contributed by atoms with Gasteiger partial charge >= 0.3 is 0 Å². The Kier molecular flexibility index (Phi) is 3.08. The predicted octanol–water partition coefficient (Wildman–Crippen LogP) is 0.136. The maximum absolute atomic E-state index is 12.0. The number of hydrogen-bond acceptors (Lipinski definition) is 3. The van der Waals surface area contributed by atoms with Gasteiger partial charge in [-0.15, -0.1) is 0 Å². The Bertz CT molecular complexity index is 425. The number of allylic oxidation sites excluding steroid dienone is 2. The molecule has 90 valence electrons. The van der Waals surface area contributed by atoms with Crippen molar-refractivity contribution in [2.75, 3.05) is 6.54 Å². The van der Waals surface area contributed by atoms with Crippen LogP contribution in [0, 0.1) is 0 Å². The van der Waals surface area contributed by atoms with Gasteiger partial charge in [0.25, 0.3) is 5.91 Å². The number of carbonyl (C=O) groups excluding carboxylic acids is 3. The molecule has 0 bridgehead atoms. The molecule has 2 heterocycles. The quantitative estimate of drug-likeness (QED) is 0.546. The van der Waals surface area contributed by atoms with Gasteiger partial charge in [-0.05, 0) is 12.8 Å². The molecule has 2 aliphatic heterocycles. The largest absolute Gasteiger partial charge is 0.327 e. The minimum Gasteiger partial charge on any atom is -0.327 e. The van der Waals surface area contributed by atoms with Crippen molar-refractivity contribution in [1.29, 1.82) is 0 Å². The summed E-state index contributed by atoms with van der Waals surface area (Å²) in [5.74, 6) is -0.756. The lowest BCUT2D eigenvalue weighted by atomic mass is 10.0. The zero-order valence-corrected chi connectivity index (χ0v) is 9.44. The first-order chi connectivity index (χ1) is 8.13. The molecule has 0 aromatic rings. The topological polar surface area (TPSA) is 66.5 Å². The third-order valence-electron chi connectivity index (χ3n) is 3.06. The highest BCUT2D eigenvalue weighted by molar-refractivity contribution is 6.04. The van der Waals surface area contributed by atoms with E-state index in [0.717, 1.165) is 0 Å². The van der Waals surface area contributed by atoms with E-state index < -0.39 is 6.04 Å². The fraction of sp³-hybridized carbons (Fsp3) is 0.417. The molecule has 1 N–H and O–H groups in total. The Balaban J connectivity index is 2.12. The monoisotopic (exact) mass is 234 g/mol. The van der Waals surface area contributed by atoms with Gasteiger partial charge in [-0.3, -0.25) is 19.7 Å². The van der Waals surface area contributed by atoms with Crippen LogP contribution in [-0.4, -0.2) is 35.2 Å². The van der Waals surface area contributed by atoms with E-state index >= 15 is 0 Å². The number of likely N-dealkylation sites (tertiary alicyclic amines) is 1. The number of nitrogens with zero attached hydrogens (tertiary/aromatic N) is 1. The molecule has 0 aromatic carbocycles. The Labute approximate surface area is 99.2 Å². The van der Waals surface area contributed by atoms with Crippen LogP contribution in [-0.2, 0) is 14.4 Å². The average molecular weight is 234 g/mol. The van der Waals surface area contributed by atoms with Crippen LogP contribution in [0.1, 0.15) is 19.3 Å². The summed E-state index contributed by atoms with van der Waals surface area (Å²) in [4.78, 5) is 36.2. The molecule has 17 heavy (non-hydrogen) atoms. The average Bonchev–Trinajstić information content (AvgIpc) is 2.62. The fourth-order valence-electron chi connectivity index (χ4n) is 2.21. The normalized spacial score (nSPS) is 27.5. The van der Waals surface area contributed by atoms with Crippen LogP contribution in [0.3, 0.4) is 0 Å². The molecule has 1 unspecified atom stereocenters. The number of nitrogens with one attached hydrogen (secondary N) is 1. The summed E-state index contributed by atoms with van der Waals surface area (Å²) >= 11 is 0. The zero-order valence-electron chi connectivity index (χ0n) is 9.44. The lowest BCUT2D eigenvalue weighted by Crippen LogP contribution is -2.52. The molecular formula is C12H14N2O3. The highest BCUT2D eigenvalue weighted by Gasteiger charge is 2.38. The smallest absolute Gasteiger partial charge is 0.250 e. The first-order valence-electron chi connectivity index (χ1n) is 5.59. The molecule has 0 spiro atoms. The lowest BCUT2D eigenvalue weighted by Gasteiger charge is -2.29. The SMILES string of the molecule is C=C/C=C1\CCN(C2CCC(=O)NC2=O)C1=O. The third-order valence-corrected chi connectivity index (χ3v) is 3.06. The molecular weight excluding hydrogens is 220 g/mol. The van der Waals surface area contributed by atoms with Gasteiger partial charge in [0, 0.05) is 18.5 Å². The maximum Gasteiger partial charge on any atom is 0.250 e. The van der Waals surface area contributed by atoms with Crippen molar-refractivity contribution in [2.24, 2.45) is 0 Å². The fourth-order valence-corrected chi connectivity index (χ4v) is 2.21. The van der Waals surface area contributed by atoms with Gasteiger partial charge < -0.3 is 4.90 Å². The van der Waals surface area contributed by atoms with Crippen LogP contribution in [0.25, 0.3) is 0 Å². The van der Waals surface area contributed by atoms with E-state index in [4.69, 9.17) is 0 Å². The first kappa shape index (κ1) is 11.6. The van der Waals surface area contributed by atoms with E-state index in [1.54, 1.807) is 12.2 Å². The lowest BCUT2D eigenvalue weighted by molar-refractivity contribution is -0.142. The van der Waals surface area contributed by atoms with E-state index in [2.05, 4.69) is 11.9 Å². The molecule has 2 saturated heterocycles. The molecule has 0 radical (unpaired) electrons. The Hall–Kier alpha value is -1.91. The number of carbonyl (C=O) groups is 3. The van der Waals surface area contributed by atoms with Crippen molar-refractivity contribution >= 4 is 17.7 Å². The van der Waals surface area contributed by atoms with Crippen LogP contribution in [0.2, 0.25) is 0 Å². The number of rotatable bonds is 2. The summed E-state index contributed by atoms with van der Waals surface area (Å²) in [5.41, 5.74) is 0.671. The Morgan fingerprint density at radius 2 is 2.06 bits per heavy atom. The highest BCUT2D eigenvalue weighted by Crippen LogP contribution is 2.23. The molecule has 0 saturated carbocycles. The molecule has 2 rings (SSSR count). The number of imide groups is 1. The molecule has 5 heteroatoms. The summed E-state index contributed by atoms with van der Waals surface area (Å²) in [7, 11) is 0. The van der Waals surface area contributed by atoms with Gasteiger partial charge in [-0.2, -0.15) is 0 Å². The molecule has 1 atom stereocenters. The minimum atomic E-state index is -0.504. The van der Waals surface area contributed by atoms with Gasteiger partial charge in [0.15, 0.2) is 0 Å². The first-order valence-corrected chi connectivity index (χ1v) is 5.59. The second-order valence-electron chi connectivity index (χ2n) is 4.14. The Morgan fingerprint density at radius 3 is 2.71 bits per heavy atom. The summed E-state index contributed by atoms with van der Waals surface area (Å²) in [5, 5.41) is 2.26. The van der Waals surface area contributed by atoms with E-state index in [0.29, 0.717) is 31.4 Å². The number of piperidine rings is 1. The zero-order chi connectivity index (χ0) is 12.4. The second kappa shape index (κ2) is 4.53. The number of amides is 3. The van der Waals surface area contributed by atoms with E-state index in [-0.39, 0.29) is 17.7 Å². The highest BCUT2D eigenvalue weighted by atomic mass is 16.2. The van der Waals surface area contributed by atoms with Crippen molar-refractivity contribution in [3.05, 3.63) is 24.3 Å². The van der Waals surface area contributed by atoms with Gasteiger partial charge in [-0.1, -0.05) is 18.7 Å². The van der Waals surface area contributed by atoms with Gasteiger partial charge in [-0.25, -0.2) is 0 Å². The molecule has 3 amide bonds.